The Bertz CT molecular complexity index is 1230. The SMILES string of the molecule is CCOc1cc(C(=O)NCc2cccc(S(=O)(=O)NCc3cccc(F)c3)c2)ccc1OC. The van der Waals surface area contributed by atoms with Crippen molar-refractivity contribution in [1.82, 2.24) is 10.0 Å². The fourth-order valence-corrected chi connectivity index (χ4v) is 4.19. The van der Waals surface area contributed by atoms with Crippen LogP contribution in [-0.4, -0.2) is 28.0 Å². The quantitative estimate of drug-likeness (QED) is 0.470. The molecule has 174 valence electrons. The molecule has 0 aliphatic heterocycles. The van der Waals surface area contributed by atoms with Crippen LogP contribution in [0.4, 0.5) is 4.39 Å². The first-order valence-electron chi connectivity index (χ1n) is 10.2. The second-order valence-corrected chi connectivity index (χ2v) is 8.85. The van der Waals surface area contributed by atoms with Crippen LogP contribution in [0, 0.1) is 5.82 Å². The van der Waals surface area contributed by atoms with Crippen molar-refractivity contribution in [1.29, 1.82) is 0 Å². The van der Waals surface area contributed by atoms with Crippen molar-refractivity contribution >= 4 is 15.9 Å². The molecule has 1 amide bonds. The van der Waals surface area contributed by atoms with Crippen molar-refractivity contribution in [3.63, 3.8) is 0 Å². The Morgan fingerprint density at radius 1 is 0.939 bits per heavy atom. The number of nitrogens with one attached hydrogen (secondary N) is 2. The lowest BCUT2D eigenvalue weighted by atomic mass is 10.1. The summed E-state index contributed by atoms with van der Waals surface area (Å²) in [6.45, 7) is 2.35. The lowest BCUT2D eigenvalue weighted by Crippen LogP contribution is -2.25. The zero-order valence-electron chi connectivity index (χ0n) is 18.3. The van der Waals surface area contributed by atoms with E-state index in [1.54, 1.807) is 36.4 Å². The number of methoxy groups -OCH3 is 1. The molecule has 3 rings (SSSR count). The summed E-state index contributed by atoms with van der Waals surface area (Å²) < 4.78 is 51.8. The van der Waals surface area contributed by atoms with Gasteiger partial charge < -0.3 is 14.8 Å². The van der Waals surface area contributed by atoms with Crippen LogP contribution in [0.2, 0.25) is 0 Å². The molecule has 0 aromatic heterocycles. The molecule has 9 heteroatoms. The topological polar surface area (TPSA) is 93.7 Å². The predicted molar refractivity (Wildman–Crippen MR) is 122 cm³/mol. The van der Waals surface area contributed by atoms with E-state index in [-0.39, 0.29) is 23.9 Å². The Kier molecular flexibility index (Phi) is 8.02. The molecule has 0 unspecified atom stereocenters. The van der Waals surface area contributed by atoms with Crippen LogP contribution < -0.4 is 19.5 Å². The maximum atomic E-state index is 13.3. The maximum Gasteiger partial charge on any atom is 0.251 e. The Balaban J connectivity index is 1.66. The van der Waals surface area contributed by atoms with Gasteiger partial charge in [0.2, 0.25) is 10.0 Å². The van der Waals surface area contributed by atoms with Crippen molar-refractivity contribution in [2.24, 2.45) is 0 Å². The normalized spacial score (nSPS) is 11.1. The molecule has 3 aromatic rings. The van der Waals surface area contributed by atoms with Gasteiger partial charge in [-0.25, -0.2) is 17.5 Å². The molecule has 0 atom stereocenters. The van der Waals surface area contributed by atoms with Gasteiger partial charge in [-0.15, -0.1) is 0 Å². The molecule has 0 saturated carbocycles. The van der Waals surface area contributed by atoms with Gasteiger partial charge in [0.15, 0.2) is 11.5 Å². The lowest BCUT2D eigenvalue weighted by molar-refractivity contribution is 0.0950. The zero-order valence-corrected chi connectivity index (χ0v) is 19.1. The minimum atomic E-state index is -3.82. The van der Waals surface area contributed by atoms with Crippen LogP contribution in [0.1, 0.15) is 28.4 Å². The summed E-state index contributed by atoms with van der Waals surface area (Å²) in [7, 11) is -2.30. The van der Waals surface area contributed by atoms with Crippen LogP contribution in [0.15, 0.2) is 71.6 Å². The molecule has 33 heavy (non-hydrogen) atoms. The van der Waals surface area contributed by atoms with Crippen LogP contribution in [0.25, 0.3) is 0 Å². The number of halogens is 1. The Labute approximate surface area is 192 Å². The van der Waals surface area contributed by atoms with Gasteiger partial charge >= 0.3 is 0 Å². The van der Waals surface area contributed by atoms with Gasteiger partial charge in [-0.05, 0) is 60.5 Å². The summed E-state index contributed by atoms with van der Waals surface area (Å²) >= 11 is 0. The van der Waals surface area contributed by atoms with Gasteiger partial charge in [0, 0.05) is 18.7 Å². The molecule has 0 saturated heterocycles. The number of amides is 1. The molecule has 7 nitrogen and oxygen atoms in total. The summed E-state index contributed by atoms with van der Waals surface area (Å²) in [5.41, 5.74) is 1.50. The number of sulfonamides is 1. The predicted octanol–water partition coefficient (Wildman–Crippen LogP) is 3.64. The van der Waals surface area contributed by atoms with Gasteiger partial charge in [-0.3, -0.25) is 4.79 Å². The molecule has 0 aliphatic carbocycles. The maximum absolute atomic E-state index is 13.3. The molecular weight excluding hydrogens is 447 g/mol. The van der Waals surface area contributed by atoms with Crippen molar-refractivity contribution in [3.05, 3.63) is 89.2 Å². The monoisotopic (exact) mass is 472 g/mol. The highest BCUT2D eigenvalue weighted by molar-refractivity contribution is 7.89. The van der Waals surface area contributed by atoms with Crippen LogP contribution in [-0.2, 0) is 23.1 Å². The number of ether oxygens (including phenoxy) is 2. The molecule has 0 bridgehead atoms. The van der Waals surface area contributed by atoms with E-state index in [2.05, 4.69) is 10.0 Å². The highest BCUT2D eigenvalue weighted by Gasteiger charge is 2.15. The van der Waals surface area contributed by atoms with Crippen LogP contribution in [0.3, 0.4) is 0 Å². The largest absolute Gasteiger partial charge is 0.493 e. The molecule has 0 radical (unpaired) electrons. The molecule has 0 aliphatic rings. The number of carbonyl (C=O) groups is 1. The Hall–Kier alpha value is -3.43. The summed E-state index contributed by atoms with van der Waals surface area (Å²) in [5, 5.41) is 2.77. The molecule has 0 heterocycles. The van der Waals surface area contributed by atoms with E-state index in [1.165, 1.54) is 37.4 Å². The lowest BCUT2D eigenvalue weighted by Gasteiger charge is -2.12. The summed E-state index contributed by atoms with van der Waals surface area (Å²) in [5.74, 6) is 0.216. The summed E-state index contributed by atoms with van der Waals surface area (Å²) in [6, 6.07) is 16.8. The van der Waals surface area contributed by atoms with Crippen molar-refractivity contribution in [2.45, 2.75) is 24.9 Å². The minimum absolute atomic E-state index is 0.0410. The van der Waals surface area contributed by atoms with Gasteiger partial charge in [0.25, 0.3) is 5.91 Å². The number of hydrogen-bond donors (Lipinski definition) is 2. The first-order chi connectivity index (χ1) is 15.8. The Morgan fingerprint density at radius 3 is 2.36 bits per heavy atom. The van der Waals surface area contributed by atoms with Crippen LogP contribution >= 0.6 is 0 Å². The van der Waals surface area contributed by atoms with Crippen LogP contribution in [0.5, 0.6) is 11.5 Å². The smallest absolute Gasteiger partial charge is 0.251 e. The third-order valence-electron chi connectivity index (χ3n) is 4.74. The molecule has 0 spiro atoms. The van der Waals surface area contributed by atoms with Gasteiger partial charge in [0.05, 0.1) is 18.6 Å². The number of carbonyl (C=O) groups excluding carboxylic acids is 1. The molecule has 2 N–H and O–H groups in total. The second-order valence-electron chi connectivity index (χ2n) is 7.08. The molecule has 0 fully saturated rings. The van der Waals surface area contributed by atoms with E-state index >= 15 is 0 Å². The highest BCUT2D eigenvalue weighted by Crippen LogP contribution is 2.28. The zero-order chi connectivity index (χ0) is 23.8. The van der Waals surface area contributed by atoms with Gasteiger partial charge in [-0.1, -0.05) is 24.3 Å². The van der Waals surface area contributed by atoms with Crippen molar-refractivity contribution in [2.75, 3.05) is 13.7 Å². The third kappa shape index (κ3) is 6.53. The summed E-state index contributed by atoms with van der Waals surface area (Å²) in [4.78, 5) is 12.6. The van der Waals surface area contributed by atoms with E-state index in [4.69, 9.17) is 9.47 Å². The fraction of sp³-hybridized carbons (Fsp3) is 0.208. The first-order valence-corrected chi connectivity index (χ1v) is 11.7. The number of hydrogen-bond acceptors (Lipinski definition) is 5. The molecule has 3 aromatic carbocycles. The van der Waals surface area contributed by atoms with Gasteiger partial charge in [0.1, 0.15) is 5.82 Å². The first kappa shape index (κ1) is 24.2. The van der Waals surface area contributed by atoms with E-state index < -0.39 is 15.8 Å². The fourth-order valence-electron chi connectivity index (χ4n) is 3.10. The summed E-state index contributed by atoms with van der Waals surface area (Å²) in [6.07, 6.45) is 0. The third-order valence-corrected chi connectivity index (χ3v) is 6.14. The highest BCUT2D eigenvalue weighted by atomic mass is 32.2. The van der Waals surface area contributed by atoms with E-state index in [0.717, 1.165) is 0 Å². The second kappa shape index (κ2) is 10.9. The minimum Gasteiger partial charge on any atom is -0.493 e. The van der Waals surface area contributed by atoms with Gasteiger partial charge in [-0.2, -0.15) is 0 Å². The average Bonchev–Trinajstić information content (AvgIpc) is 2.82. The van der Waals surface area contributed by atoms with E-state index in [9.17, 15) is 17.6 Å². The number of benzene rings is 3. The van der Waals surface area contributed by atoms with E-state index in [1.807, 2.05) is 6.92 Å². The van der Waals surface area contributed by atoms with Crippen molar-refractivity contribution < 1.29 is 27.1 Å². The number of rotatable bonds is 10. The van der Waals surface area contributed by atoms with Crippen molar-refractivity contribution in [3.8, 4) is 11.5 Å². The Morgan fingerprint density at radius 2 is 1.67 bits per heavy atom. The average molecular weight is 473 g/mol. The van der Waals surface area contributed by atoms with E-state index in [0.29, 0.717) is 34.8 Å². The standard InChI is InChI=1S/C24H25FN2O5S/c1-3-32-23-14-19(10-11-22(23)31-2)24(28)26-15-18-7-5-9-21(13-18)33(29,30)27-16-17-6-4-8-20(25)12-17/h4-14,27H,3,15-16H2,1-2H3,(H,26,28). The molecular formula is C24H25FN2O5S.